The first-order valence-corrected chi connectivity index (χ1v) is 7.10. The van der Waals surface area contributed by atoms with E-state index in [4.69, 9.17) is 23.2 Å². The van der Waals surface area contributed by atoms with Gasteiger partial charge in [-0.1, -0.05) is 23.2 Å². The molecule has 0 radical (unpaired) electrons. The summed E-state index contributed by atoms with van der Waals surface area (Å²) in [6.45, 7) is 1.37. The number of hydrogen-bond acceptors (Lipinski definition) is 3. The van der Waals surface area contributed by atoms with Crippen LogP contribution < -0.4 is 5.32 Å². The Balaban J connectivity index is 2.76. The van der Waals surface area contributed by atoms with E-state index in [1.807, 2.05) is 38.0 Å². The first-order chi connectivity index (χ1) is 9.29. The van der Waals surface area contributed by atoms with Crippen molar-refractivity contribution in [3.63, 3.8) is 0 Å². The van der Waals surface area contributed by atoms with Crippen LogP contribution in [0.4, 0.5) is 5.69 Å². The molecule has 0 aliphatic carbocycles. The highest BCUT2D eigenvalue weighted by atomic mass is 35.5. The molecular weight excluding hydrogens is 297 g/mol. The number of anilines is 1. The first kappa shape index (κ1) is 17.2. The first-order valence-electron chi connectivity index (χ1n) is 6.35. The van der Waals surface area contributed by atoms with E-state index in [1.165, 1.54) is 0 Å². The highest BCUT2D eigenvalue weighted by molar-refractivity contribution is 6.42. The lowest BCUT2D eigenvalue weighted by atomic mass is 10.1. The molecule has 0 saturated heterocycles. The third kappa shape index (κ3) is 5.67. The van der Waals surface area contributed by atoms with Crippen molar-refractivity contribution in [2.75, 3.05) is 46.6 Å². The highest BCUT2D eigenvalue weighted by Crippen LogP contribution is 2.25. The molecule has 20 heavy (non-hydrogen) atoms. The zero-order chi connectivity index (χ0) is 15.3. The van der Waals surface area contributed by atoms with Gasteiger partial charge in [0, 0.05) is 18.8 Å². The molecule has 1 aromatic rings. The summed E-state index contributed by atoms with van der Waals surface area (Å²) in [6.07, 6.45) is 0. The van der Waals surface area contributed by atoms with Crippen molar-refractivity contribution in [2.45, 2.75) is 0 Å². The van der Waals surface area contributed by atoms with Gasteiger partial charge in [-0.2, -0.15) is 0 Å². The lowest BCUT2D eigenvalue weighted by Crippen LogP contribution is -2.38. The van der Waals surface area contributed by atoms with E-state index >= 15 is 0 Å². The second kappa shape index (κ2) is 7.84. The molecule has 0 aliphatic rings. The number of carbonyl (C=O) groups excluding carboxylic acids is 1. The van der Waals surface area contributed by atoms with Gasteiger partial charge in [-0.3, -0.25) is 4.79 Å². The number of amides is 1. The minimum atomic E-state index is -0.116. The van der Waals surface area contributed by atoms with Gasteiger partial charge in [-0.15, -0.1) is 0 Å². The third-order valence-corrected chi connectivity index (χ3v) is 3.47. The lowest BCUT2D eigenvalue weighted by molar-refractivity contribution is -0.120. The maximum Gasteiger partial charge on any atom is 0.230 e. The fraction of sp³-hybridized carbons (Fsp3) is 0.500. The van der Waals surface area contributed by atoms with Crippen LogP contribution in [-0.2, 0) is 4.79 Å². The molecule has 1 aromatic carbocycles. The van der Waals surface area contributed by atoms with Crippen molar-refractivity contribution in [2.24, 2.45) is 5.92 Å². The Hall–Kier alpha value is -0.810. The molecule has 0 atom stereocenters. The predicted molar refractivity (Wildman–Crippen MR) is 85.7 cm³/mol. The summed E-state index contributed by atoms with van der Waals surface area (Å²) in [5.41, 5.74) is 0.659. The molecule has 6 heteroatoms. The maximum atomic E-state index is 12.3. The van der Waals surface area contributed by atoms with E-state index in [2.05, 4.69) is 5.32 Å². The minimum Gasteiger partial charge on any atom is -0.326 e. The number of nitrogens with zero attached hydrogens (tertiary/aromatic N) is 2. The summed E-state index contributed by atoms with van der Waals surface area (Å²) in [5.74, 6) is -0.139. The van der Waals surface area contributed by atoms with E-state index in [0.29, 0.717) is 28.8 Å². The summed E-state index contributed by atoms with van der Waals surface area (Å²) >= 11 is 11.8. The number of carbonyl (C=O) groups is 1. The quantitative estimate of drug-likeness (QED) is 0.876. The summed E-state index contributed by atoms with van der Waals surface area (Å²) in [4.78, 5) is 16.3. The van der Waals surface area contributed by atoms with E-state index < -0.39 is 0 Å². The van der Waals surface area contributed by atoms with Gasteiger partial charge in [0.15, 0.2) is 0 Å². The number of benzene rings is 1. The van der Waals surface area contributed by atoms with Gasteiger partial charge >= 0.3 is 0 Å². The zero-order valence-electron chi connectivity index (χ0n) is 12.3. The molecule has 0 aromatic heterocycles. The van der Waals surface area contributed by atoms with Crippen LogP contribution in [0.5, 0.6) is 0 Å². The van der Waals surface area contributed by atoms with Crippen LogP contribution in [0.3, 0.4) is 0 Å². The Kier molecular flexibility index (Phi) is 6.76. The van der Waals surface area contributed by atoms with Gasteiger partial charge in [0.1, 0.15) is 0 Å². The van der Waals surface area contributed by atoms with Crippen LogP contribution in [0.25, 0.3) is 0 Å². The largest absolute Gasteiger partial charge is 0.326 e. The molecular formula is C14H21Cl2N3O. The summed E-state index contributed by atoms with van der Waals surface area (Å²) < 4.78 is 0. The van der Waals surface area contributed by atoms with E-state index in [9.17, 15) is 4.79 Å². The van der Waals surface area contributed by atoms with Gasteiger partial charge in [-0.05, 0) is 46.4 Å². The monoisotopic (exact) mass is 317 g/mol. The molecule has 1 amide bonds. The molecule has 0 spiro atoms. The molecule has 0 heterocycles. The van der Waals surface area contributed by atoms with Gasteiger partial charge in [0.05, 0.1) is 16.0 Å². The van der Waals surface area contributed by atoms with Crippen molar-refractivity contribution >= 4 is 34.8 Å². The van der Waals surface area contributed by atoms with E-state index in [1.54, 1.807) is 18.2 Å². The van der Waals surface area contributed by atoms with E-state index in [0.717, 1.165) is 0 Å². The summed E-state index contributed by atoms with van der Waals surface area (Å²) in [5, 5.41) is 3.79. The Labute approximate surface area is 130 Å². The Morgan fingerprint density at radius 2 is 1.65 bits per heavy atom. The van der Waals surface area contributed by atoms with Crippen molar-refractivity contribution in [3.05, 3.63) is 28.2 Å². The van der Waals surface area contributed by atoms with Crippen LogP contribution in [0, 0.1) is 5.92 Å². The van der Waals surface area contributed by atoms with Crippen molar-refractivity contribution in [3.8, 4) is 0 Å². The summed E-state index contributed by atoms with van der Waals surface area (Å²) in [7, 11) is 7.81. The second-order valence-electron chi connectivity index (χ2n) is 5.34. The zero-order valence-corrected chi connectivity index (χ0v) is 13.8. The molecule has 0 bridgehead atoms. The Morgan fingerprint density at radius 3 is 2.10 bits per heavy atom. The van der Waals surface area contributed by atoms with Crippen LogP contribution in [0.2, 0.25) is 10.0 Å². The molecule has 4 nitrogen and oxygen atoms in total. The Morgan fingerprint density at radius 1 is 1.10 bits per heavy atom. The maximum absolute atomic E-state index is 12.3. The third-order valence-electron chi connectivity index (χ3n) is 2.73. The second-order valence-corrected chi connectivity index (χ2v) is 6.15. The Bertz CT molecular complexity index is 454. The summed E-state index contributed by atoms with van der Waals surface area (Å²) in [6, 6.07) is 5.07. The average molecular weight is 318 g/mol. The normalized spacial score (nSPS) is 11.4. The lowest BCUT2D eigenvalue weighted by Gasteiger charge is -2.23. The number of hydrogen-bond donors (Lipinski definition) is 1. The molecule has 112 valence electrons. The molecule has 0 aliphatic heterocycles. The van der Waals surface area contributed by atoms with Crippen molar-refractivity contribution < 1.29 is 4.79 Å². The van der Waals surface area contributed by atoms with Gasteiger partial charge in [-0.25, -0.2) is 0 Å². The van der Waals surface area contributed by atoms with Crippen molar-refractivity contribution in [1.29, 1.82) is 0 Å². The number of rotatable bonds is 6. The molecule has 1 N–H and O–H groups in total. The molecule has 0 fully saturated rings. The average Bonchev–Trinajstić information content (AvgIpc) is 2.32. The topological polar surface area (TPSA) is 35.6 Å². The molecule has 0 saturated carbocycles. The fourth-order valence-corrected chi connectivity index (χ4v) is 2.22. The minimum absolute atomic E-state index is 0.0224. The van der Waals surface area contributed by atoms with Gasteiger partial charge in [0.2, 0.25) is 5.91 Å². The van der Waals surface area contributed by atoms with Gasteiger partial charge < -0.3 is 15.1 Å². The standard InChI is InChI=1S/C14H21Cl2N3O/c1-18(2)8-10(9-19(3)4)14(20)17-11-5-6-12(15)13(16)7-11/h5-7,10H,8-9H2,1-4H3,(H,17,20). The number of nitrogens with one attached hydrogen (secondary N) is 1. The van der Waals surface area contributed by atoms with Crippen LogP contribution in [-0.4, -0.2) is 57.0 Å². The van der Waals surface area contributed by atoms with Crippen LogP contribution in [0.15, 0.2) is 18.2 Å². The number of halogens is 2. The van der Waals surface area contributed by atoms with Gasteiger partial charge in [0.25, 0.3) is 0 Å². The SMILES string of the molecule is CN(C)CC(CN(C)C)C(=O)Nc1ccc(Cl)c(Cl)c1. The van der Waals surface area contributed by atoms with Crippen LogP contribution in [0.1, 0.15) is 0 Å². The van der Waals surface area contributed by atoms with Crippen molar-refractivity contribution in [1.82, 2.24) is 9.80 Å². The van der Waals surface area contributed by atoms with Crippen LogP contribution >= 0.6 is 23.2 Å². The smallest absolute Gasteiger partial charge is 0.230 e. The molecule has 1 rings (SSSR count). The predicted octanol–water partition coefficient (Wildman–Crippen LogP) is 2.67. The fourth-order valence-electron chi connectivity index (χ4n) is 1.92. The molecule has 0 unspecified atom stereocenters. The highest BCUT2D eigenvalue weighted by Gasteiger charge is 2.20. The van der Waals surface area contributed by atoms with E-state index in [-0.39, 0.29) is 11.8 Å².